The van der Waals surface area contributed by atoms with Gasteiger partial charge in [0.1, 0.15) is 5.60 Å². The molecule has 2 rings (SSSR count). The zero-order chi connectivity index (χ0) is 9.31. The number of carboxylic acid groups (broad SMARTS) is 1. The molecule has 0 spiro atoms. The molecule has 0 aromatic rings. The summed E-state index contributed by atoms with van der Waals surface area (Å²) in [5.74, 6) is -0.763. The average Bonchev–Trinajstić information content (AvgIpc) is 1.90. The Morgan fingerprint density at radius 1 is 1.54 bits per heavy atom. The van der Waals surface area contributed by atoms with Crippen molar-refractivity contribution in [2.75, 3.05) is 13.1 Å². The SMILES string of the molecule is O=C(O)CC1(OC2CCC2)CNC1. The van der Waals surface area contributed by atoms with Crippen molar-refractivity contribution in [1.29, 1.82) is 0 Å². The highest BCUT2D eigenvalue weighted by Gasteiger charge is 2.43. The summed E-state index contributed by atoms with van der Waals surface area (Å²) in [6.45, 7) is 1.38. The van der Waals surface area contributed by atoms with Crippen molar-refractivity contribution in [3.05, 3.63) is 0 Å². The van der Waals surface area contributed by atoms with Gasteiger partial charge in [-0.25, -0.2) is 0 Å². The smallest absolute Gasteiger partial charge is 0.306 e. The minimum atomic E-state index is -0.763. The van der Waals surface area contributed by atoms with Gasteiger partial charge in [0, 0.05) is 13.1 Å². The number of hydrogen-bond acceptors (Lipinski definition) is 3. The first kappa shape index (κ1) is 8.97. The Morgan fingerprint density at radius 3 is 2.54 bits per heavy atom. The van der Waals surface area contributed by atoms with Crippen LogP contribution >= 0.6 is 0 Å². The van der Waals surface area contributed by atoms with Crippen LogP contribution in [0, 0.1) is 0 Å². The van der Waals surface area contributed by atoms with E-state index in [0.29, 0.717) is 19.2 Å². The molecule has 0 aromatic heterocycles. The van der Waals surface area contributed by atoms with Crippen molar-refractivity contribution in [2.45, 2.75) is 37.4 Å². The summed E-state index contributed by atoms with van der Waals surface area (Å²) >= 11 is 0. The normalized spacial score (nSPS) is 26.2. The summed E-state index contributed by atoms with van der Waals surface area (Å²) in [6, 6.07) is 0. The number of ether oxygens (including phenoxy) is 1. The van der Waals surface area contributed by atoms with Gasteiger partial charge >= 0.3 is 5.97 Å². The number of carbonyl (C=O) groups is 1. The monoisotopic (exact) mass is 185 g/mol. The van der Waals surface area contributed by atoms with Crippen molar-refractivity contribution in [1.82, 2.24) is 5.32 Å². The lowest BCUT2D eigenvalue weighted by Crippen LogP contribution is -2.63. The van der Waals surface area contributed by atoms with Crippen LogP contribution in [0.4, 0.5) is 0 Å². The van der Waals surface area contributed by atoms with Crippen LogP contribution in [0.2, 0.25) is 0 Å². The second kappa shape index (κ2) is 3.27. The summed E-state index contributed by atoms with van der Waals surface area (Å²) in [5.41, 5.74) is -0.392. The van der Waals surface area contributed by atoms with E-state index < -0.39 is 11.6 Å². The fourth-order valence-electron chi connectivity index (χ4n) is 1.77. The average molecular weight is 185 g/mol. The summed E-state index contributed by atoms with van der Waals surface area (Å²) in [5, 5.41) is 11.8. The lowest BCUT2D eigenvalue weighted by atomic mass is 9.89. The number of nitrogens with one attached hydrogen (secondary N) is 1. The lowest BCUT2D eigenvalue weighted by Gasteiger charge is -2.45. The Balaban J connectivity index is 1.86. The van der Waals surface area contributed by atoms with Crippen LogP contribution in [0.5, 0.6) is 0 Å². The van der Waals surface area contributed by atoms with Gasteiger partial charge in [0.25, 0.3) is 0 Å². The number of carboxylic acids is 1. The molecule has 0 bridgehead atoms. The summed E-state index contributed by atoms with van der Waals surface area (Å²) in [4.78, 5) is 10.6. The fraction of sp³-hybridized carbons (Fsp3) is 0.889. The second-order valence-electron chi connectivity index (χ2n) is 4.03. The molecule has 1 heterocycles. The molecule has 74 valence electrons. The van der Waals surface area contributed by atoms with Gasteiger partial charge in [-0.1, -0.05) is 0 Å². The predicted molar refractivity (Wildman–Crippen MR) is 46.6 cm³/mol. The van der Waals surface area contributed by atoms with Gasteiger partial charge in [-0.3, -0.25) is 4.79 Å². The topological polar surface area (TPSA) is 58.6 Å². The zero-order valence-corrected chi connectivity index (χ0v) is 7.58. The minimum Gasteiger partial charge on any atom is -0.481 e. The maximum Gasteiger partial charge on any atom is 0.306 e. The molecule has 0 unspecified atom stereocenters. The maximum atomic E-state index is 10.6. The molecular weight excluding hydrogens is 170 g/mol. The third kappa shape index (κ3) is 1.84. The zero-order valence-electron chi connectivity index (χ0n) is 7.58. The van der Waals surface area contributed by atoms with Gasteiger partial charge in [-0.15, -0.1) is 0 Å². The van der Waals surface area contributed by atoms with E-state index in [-0.39, 0.29) is 6.42 Å². The van der Waals surface area contributed by atoms with Crippen LogP contribution in [0.3, 0.4) is 0 Å². The van der Waals surface area contributed by atoms with Crippen LogP contribution in [0.15, 0.2) is 0 Å². The highest BCUT2D eigenvalue weighted by atomic mass is 16.5. The second-order valence-corrected chi connectivity index (χ2v) is 4.03. The molecule has 2 N–H and O–H groups in total. The van der Waals surface area contributed by atoms with Crippen LogP contribution in [-0.4, -0.2) is 35.9 Å². The van der Waals surface area contributed by atoms with E-state index in [0.717, 1.165) is 12.8 Å². The third-order valence-corrected chi connectivity index (χ3v) is 2.84. The Kier molecular flexibility index (Phi) is 2.26. The first-order valence-corrected chi connectivity index (χ1v) is 4.81. The molecule has 4 nitrogen and oxygen atoms in total. The van der Waals surface area contributed by atoms with Gasteiger partial charge in [0.05, 0.1) is 12.5 Å². The molecule has 0 aromatic carbocycles. The van der Waals surface area contributed by atoms with E-state index in [1.165, 1.54) is 6.42 Å². The molecule has 4 heteroatoms. The highest BCUT2D eigenvalue weighted by Crippen LogP contribution is 2.31. The molecular formula is C9H15NO3. The minimum absolute atomic E-state index is 0.135. The summed E-state index contributed by atoms with van der Waals surface area (Å²) < 4.78 is 5.78. The molecule has 0 radical (unpaired) electrons. The summed E-state index contributed by atoms with van der Waals surface area (Å²) in [7, 11) is 0. The largest absolute Gasteiger partial charge is 0.481 e. The van der Waals surface area contributed by atoms with Crippen molar-refractivity contribution in [2.24, 2.45) is 0 Å². The molecule has 1 saturated carbocycles. The van der Waals surface area contributed by atoms with Crippen LogP contribution in [0.25, 0.3) is 0 Å². The van der Waals surface area contributed by atoms with Crippen molar-refractivity contribution < 1.29 is 14.6 Å². The maximum absolute atomic E-state index is 10.6. The van der Waals surface area contributed by atoms with Crippen molar-refractivity contribution in [3.63, 3.8) is 0 Å². The summed E-state index contributed by atoms with van der Waals surface area (Å²) in [6.07, 6.45) is 3.88. The van der Waals surface area contributed by atoms with Crippen LogP contribution in [-0.2, 0) is 9.53 Å². The standard InChI is InChI=1S/C9H15NO3/c11-8(12)4-9(5-10-6-9)13-7-2-1-3-7/h7,10H,1-6H2,(H,11,12). The van der Waals surface area contributed by atoms with Gasteiger partial charge in [-0.05, 0) is 19.3 Å². The molecule has 1 saturated heterocycles. The lowest BCUT2D eigenvalue weighted by molar-refractivity contribution is -0.168. The van der Waals surface area contributed by atoms with E-state index in [4.69, 9.17) is 9.84 Å². The Morgan fingerprint density at radius 2 is 2.23 bits per heavy atom. The van der Waals surface area contributed by atoms with Crippen molar-refractivity contribution in [3.8, 4) is 0 Å². The predicted octanol–water partition coefficient (Wildman–Crippen LogP) is 0.372. The quantitative estimate of drug-likeness (QED) is 0.664. The van der Waals surface area contributed by atoms with E-state index in [9.17, 15) is 4.79 Å². The van der Waals surface area contributed by atoms with E-state index in [1.54, 1.807) is 0 Å². The van der Waals surface area contributed by atoms with Crippen LogP contribution < -0.4 is 5.32 Å². The molecule has 1 aliphatic heterocycles. The Bertz CT molecular complexity index is 209. The third-order valence-electron chi connectivity index (χ3n) is 2.84. The molecule has 0 atom stereocenters. The number of hydrogen-bond donors (Lipinski definition) is 2. The first-order valence-electron chi connectivity index (χ1n) is 4.81. The fourth-order valence-corrected chi connectivity index (χ4v) is 1.77. The van der Waals surface area contributed by atoms with Crippen LogP contribution in [0.1, 0.15) is 25.7 Å². The number of rotatable bonds is 4. The van der Waals surface area contributed by atoms with Gasteiger partial charge < -0.3 is 15.2 Å². The molecule has 2 aliphatic rings. The first-order chi connectivity index (χ1) is 6.20. The Labute approximate surface area is 77.3 Å². The van der Waals surface area contributed by atoms with E-state index in [1.807, 2.05) is 0 Å². The number of aliphatic carboxylic acids is 1. The molecule has 13 heavy (non-hydrogen) atoms. The highest BCUT2D eigenvalue weighted by molar-refractivity contribution is 5.68. The van der Waals surface area contributed by atoms with Crippen molar-refractivity contribution >= 4 is 5.97 Å². The Hall–Kier alpha value is -0.610. The molecule has 0 amide bonds. The van der Waals surface area contributed by atoms with Gasteiger partial charge in [0.15, 0.2) is 0 Å². The van der Waals surface area contributed by atoms with Gasteiger partial charge in [0.2, 0.25) is 0 Å². The van der Waals surface area contributed by atoms with E-state index in [2.05, 4.69) is 5.32 Å². The molecule has 1 aliphatic carbocycles. The van der Waals surface area contributed by atoms with Gasteiger partial charge in [-0.2, -0.15) is 0 Å². The van der Waals surface area contributed by atoms with E-state index >= 15 is 0 Å². The molecule has 2 fully saturated rings.